The van der Waals surface area contributed by atoms with Crippen LogP contribution in [0.1, 0.15) is 32.0 Å². The van der Waals surface area contributed by atoms with Crippen LogP contribution in [0.4, 0.5) is 16.3 Å². The van der Waals surface area contributed by atoms with Gasteiger partial charge in [-0.05, 0) is 54.1 Å². The lowest BCUT2D eigenvalue weighted by Gasteiger charge is -2.14. The number of aromatic nitrogens is 3. The van der Waals surface area contributed by atoms with Crippen molar-refractivity contribution in [2.24, 2.45) is 0 Å². The molecule has 0 radical (unpaired) electrons. The predicted molar refractivity (Wildman–Crippen MR) is 160 cm³/mol. The lowest BCUT2D eigenvalue weighted by atomic mass is 9.92. The summed E-state index contributed by atoms with van der Waals surface area (Å²) in [4.78, 5) is 41.0. The summed E-state index contributed by atoms with van der Waals surface area (Å²) in [6, 6.07) is 17.7. The number of aliphatic hydroxyl groups excluding tert-OH is 1. The number of hydrogen-bond donors (Lipinski definition) is 4. The minimum atomic E-state index is -1.13. The predicted octanol–water partition coefficient (Wildman–Crippen LogP) is 4.19. The Balaban J connectivity index is 1.44. The van der Waals surface area contributed by atoms with Crippen molar-refractivity contribution >= 4 is 29.4 Å². The summed E-state index contributed by atoms with van der Waals surface area (Å²) in [6.07, 6.45) is 3.27. The second-order valence-corrected chi connectivity index (χ2v) is 10.6. The molecule has 12 heteroatoms. The van der Waals surface area contributed by atoms with Gasteiger partial charge in [-0.25, -0.2) is 14.3 Å². The lowest BCUT2D eigenvalue weighted by Crippen LogP contribution is -2.44. The van der Waals surface area contributed by atoms with Crippen LogP contribution in [-0.4, -0.2) is 57.5 Å². The summed E-state index contributed by atoms with van der Waals surface area (Å²) in [5.41, 5.74) is 2.38. The number of carbonyl (C=O) groups excluding carboxylic acids is 3. The molecule has 0 aliphatic rings. The summed E-state index contributed by atoms with van der Waals surface area (Å²) in [5.74, 6) is 0.552. The van der Waals surface area contributed by atoms with E-state index in [-0.39, 0.29) is 11.8 Å². The van der Waals surface area contributed by atoms with Crippen molar-refractivity contribution in [3.05, 3.63) is 90.4 Å². The largest absolute Gasteiger partial charge is 0.467 e. The zero-order valence-electron chi connectivity index (χ0n) is 24.3. The number of carbonyl (C=O) groups is 3. The van der Waals surface area contributed by atoms with E-state index in [1.54, 1.807) is 77.7 Å². The second-order valence-electron chi connectivity index (χ2n) is 10.6. The third-order valence-electron chi connectivity index (χ3n) is 6.27. The quantitative estimate of drug-likeness (QED) is 0.202. The van der Waals surface area contributed by atoms with Crippen LogP contribution in [0.25, 0.3) is 5.69 Å². The van der Waals surface area contributed by atoms with E-state index in [0.717, 1.165) is 5.69 Å². The molecule has 0 aliphatic carbocycles. The number of aliphatic hydroxyl groups is 1. The van der Waals surface area contributed by atoms with Gasteiger partial charge >= 0.3 is 12.0 Å². The molecule has 0 fully saturated rings. The fourth-order valence-corrected chi connectivity index (χ4v) is 3.97. The maximum absolute atomic E-state index is 13.0. The Morgan fingerprint density at radius 2 is 1.58 bits per heavy atom. The second kappa shape index (κ2) is 13.6. The number of ether oxygens (including phenoxy) is 2. The molecule has 224 valence electrons. The smallest absolute Gasteiger partial charge is 0.330 e. The molecule has 4 rings (SSSR count). The fraction of sp³-hybridized carbons (Fsp3) is 0.258. The van der Waals surface area contributed by atoms with Crippen molar-refractivity contribution in [1.29, 1.82) is 0 Å². The molecule has 0 saturated carbocycles. The molecule has 3 amide bonds. The van der Waals surface area contributed by atoms with Gasteiger partial charge in [0.05, 0.1) is 31.5 Å². The summed E-state index contributed by atoms with van der Waals surface area (Å²) >= 11 is 0. The molecule has 2 heterocycles. The SMILES string of the molecule is COC(=O)[C@H](CO)NC(=O)Cc1ccc(-n2nc(C(C)(C)C)cc2NC(=O)Nc2ccc(Oc3ccncc3)cc2)cc1. The molecule has 0 spiro atoms. The van der Waals surface area contributed by atoms with Crippen molar-refractivity contribution < 1.29 is 29.0 Å². The fourth-order valence-electron chi connectivity index (χ4n) is 3.97. The topological polar surface area (TPSA) is 157 Å². The summed E-state index contributed by atoms with van der Waals surface area (Å²) in [5, 5.41) is 22.2. The molecule has 43 heavy (non-hydrogen) atoms. The van der Waals surface area contributed by atoms with Gasteiger partial charge in [0.25, 0.3) is 0 Å². The Morgan fingerprint density at radius 1 is 0.930 bits per heavy atom. The molecule has 0 aliphatic heterocycles. The van der Waals surface area contributed by atoms with Gasteiger partial charge in [0.15, 0.2) is 6.04 Å². The van der Waals surface area contributed by atoms with E-state index in [1.807, 2.05) is 26.8 Å². The van der Waals surface area contributed by atoms with Crippen molar-refractivity contribution in [3.8, 4) is 17.2 Å². The number of hydrogen-bond acceptors (Lipinski definition) is 8. The molecule has 0 bridgehead atoms. The number of nitrogens with zero attached hydrogens (tertiary/aromatic N) is 3. The number of rotatable bonds is 10. The van der Waals surface area contributed by atoms with E-state index in [1.165, 1.54) is 7.11 Å². The first-order valence-corrected chi connectivity index (χ1v) is 13.5. The normalized spacial score (nSPS) is 11.7. The van der Waals surface area contributed by atoms with E-state index in [9.17, 15) is 19.5 Å². The lowest BCUT2D eigenvalue weighted by molar-refractivity contribution is -0.146. The van der Waals surface area contributed by atoms with Crippen LogP contribution in [0.3, 0.4) is 0 Å². The average Bonchev–Trinajstić information content (AvgIpc) is 3.41. The van der Waals surface area contributed by atoms with Crippen molar-refractivity contribution in [1.82, 2.24) is 20.1 Å². The monoisotopic (exact) mass is 586 g/mol. The Kier molecular flexibility index (Phi) is 9.73. The molecule has 12 nitrogen and oxygen atoms in total. The average molecular weight is 587 g/mol. The van der Waals surface area contributed by atoms with Gasteiger partial charge in [-0.1, -0.05) is 32.9 Å². The van der Waals surface area contributed by atoms with Crippen LogP contribution in [0.15, 0.2) is 79.1 Å². The van der Waals surface area contributed by atoms with Crippen LogP contribution in [0, 0.1) is 0 Å². The third-order valence-corrected chi connectivity index (χ3v) is 6.27. The van der Waals surface area contributed by atoms with Crippen LogP contribution < -0.4 is 20.7 Å². The van der Waals surface area contributed by atoms with E-state index in [0.29, 0.717) is 34.3 Å². The molecule has 0 saturated heterocycles. The Morgan fingerprint density at radius 3 is 2.19 bits per heavy atom. The molecule has 4 aromatic rings. The number of pyridine rings is 1. The van der Waals surface area contributed by atoms with E-state index < -0.39 is 30.6 Å². The third kappa shape index (κ3) is 8.39. The van der Waals surface area contributed by atoms with Gasteiger partial charge in [0.1, 0.15) is 17.3 Å². The highest BCUT2D eigenvalue weighted by Gasteiger charge is 2.23. The van der Waals surface area contributed by atoms with Crippen LogP contribution in [0.2, 0.25) is 0 Å². The minimum absolute atomic E-state index is 0.0139. The van der Waals surface area contributed by atoms with Crippen LogP contribution >= 0.6 is 0 Å². The van der Waals surface area contributed by atoms with Gasteiger partial charge in [0, 0.05) is 29.6 Å². The van der Waals surface area contributed by atoms with Crippen LogP contribution in [0.5, 0.6) is 11.5 Å². The van der Waals surface area contributed by atoms with Gasteiger partial charge in [0.2, 0.25) is 5.91 Å². The summed E-state index contributed by atoms with van der Waals surface area (Å²) in [6.45, 7) is 5.50. The number of benzene rings is 2. The van der Waals surface area contributed by atoms with Gasteiger partial charge in [-0.2, -0.15) is 5.10 Å². The number of esters is 1. The number of amides is 3. The minimum Gasteiger partial charge on any atom is -0.467 e. The Labute approximate surface area is 249 Å². The van der Waals surface area contributed by atoms with Gasteiger partial charge in [-0.3, -0.25) is 15.1 Å². The molecule has 1 atom stereocenters. The van der Waals surface area contributed by atoms with Crippen molar-refractivity contribution in [3.63, 3.8) is 0 Å². The van der Waals surface area contributed by atoms with Gasteiger partial charge < -0.3 is 25.2 Å². The number of methoxy groups -OCH3 is 1. The van der Waals surface area contributed by atoms with E-state index in [2.05, 4.69) is 25.7 Å². The zero-order chi connectivity index (χ0) is 31.0. The molecule has 4 N–H and O–H groups in total. The summed E-state index contributed by atoms with van der Waals surface area (Å²) in [7, 11) is 1.18. The van der Waals surface area contributed by atoms with Gasteiger partial charge in [-0.15, -0.1) is 0 Å². The summed E-state index contributed by atoms with van der Waals surface area (Å²) < 4.78 is 12.0. The number of nitrogens with one attached hydrogen (secondary N) is 3. The maximum atomic E-state index is 13.0. The number of urea groups is 1. The number of anilines is 2. The highest BCUT2D eigenvalue weighted by Crippen LogP contribution is 2.27. The standard InChI is InChI=1S/C31H34N6O6/c1-31(2,3)26-18-27(35-30(41)33-21-7-11-23(12-8-21)43-24-13-15-32-16-14-24)37(36-26)22-9-5-20(6-10-22)17-28(39)34-25(19-38)29(40)42-4/h5-16,18,25,38H,17,19H2,1-4H3,(H,34,39)(H2,33,35,41)/t25-/m0/s1. The Bertz CT molecular complexity index is 1550. The van der Waals surface area contributed by atoms with Crippen LogP contribution in [-0.2, 0) is 26.2 Å². The first-order chi connectivity index (χ1) is 20.5. The highest BCUT2D eigenvalue weighted by molar-refractivity contribution is 5.99. The molecule has 2 aromatic carbocycles. The van der Waals surface area contributed by atoms with E-state index in [4.69, 9.17) is 9.84 Å². The van der Waals surface area contributed by atoms with Crippen molar-refractivity contribution in [2.45, 2.75) is 38.6 Å². The van der Waals surface area contributed by atoms with E-state index >= 15 is 0 Å². The first-order valence-electron chi connectivity index (χ1n) is 13.5. The molecular formula is C31H34N6O6. The molecular weight excluding hydrogens is 552 g/mol. The molecule has 2 aromatic heterocycles. The highest BCUT2D eigenvalue weighted by atomic mass is 16.5. The zero-order valence-corrected chi connectivity index (χ0v) is 24.3. The first kappa shape index (κ1) is 30.7. The molecule has 0 unspecified atom stereocenters. The maximum Gasteiger partial charge on any atom is 0.330 e. The Hall–Kier alpha value is -5.23. The van der Waals surface area contributed by atoms with Crippen molar-refractivity contribution in [2.75, 3.05) is 24.4 Å².